The average molecular weight is 650 g/mol. The second-order valence-electron chi connectivity index (χ2n) is 12.0. The smallest absolute Gasteiger partial charge is 0.435 e. The molecule has 0 spiro atoms. The minimum Gasteiger partial charge on any atom is -0.493 e. The molecule has 4 rings (SSSR count). The molecule has 2 fully saturated rings. The van der Waals surface area contributed by atoms with Crippen LogP contribution in [0, 0.1) is 17.3 Å². The summed E-state index contributed by atoms with van der Waals surface area (Å²) < 4.78 is 138. The number of ether oxygens (including phenoxy) is 4. The molecule has 3 aliphatic carbocycles. The number of benzene rings is 1. The number of fused-ring (bicyclic) bond motifs is 5. The standard InChI is InChI=1S/C29H36F9NO5/c1-25-11-10-20-19-7-5-18(41-12-2-14-43-24(39)40)16-17(19)4-6-21(20)22(25)8-9-23(25)42-13-3-15-44-26(27(30,31)32,28(33,34)35)29(36,37)38/h5,7,16,20-23H,2-4,6,8-15H2,1H3,(H2,39,40)/t20-,21-,22+,23+,25+/m1/s1. The molecule has 6 nitrogen and oxygen atoms in total. The zero-order chi connectivity index (χ0) is 32.6. The van der Waals surface area contributed by atoms with Crippen LogP contribution in [0.25, 0.3) is 0 Å². The number of hydrogen-bond donors (Lipinski definition) is 1. The number of hydrogen-bond acceptors (Lipinski definition) is 5. The molecule has 0 bridgehead atoms. The number of nitrogens with two attached hydrogens (primary N) is 1. The van der Waals surface area contributed by atoms with Crippen LogP contribution in [-0.4, -0.2) is 62.8 Å². The number of halogens is 9. The number of primary amides is 1. The Kier molecular flexibility index (Phi) is 9.99. The topological polar surface area (TPSA) is 80.0 Å². The van der Waals surface area contributed by atoms with E-state index in [-0.39, 0.29) is 30.7 Å². The van der Waals surface area contributed by atoms with E-state index in [2.05, 4.69) is 22.5 Å². The molecule has 0 unspecified atom stereocenters. The Morgan fingerprint density at radius 1 is 0.886 bits per heavy atom. The Hall–Kier alpha value is -2.42. The van der Waals surface area contributed by atoms with Crippen molar-refractivity contribution in [1.82, 2.24) is 0 Å². The molecule has 3 aliphatic rings. The minimum absolute atomic E-state index is 0.164. The van der Waals surface area contributed by atoms with Gasteiger partial charge in [0.05, 0.1) is 25.9 Å². The van der Waals surface area contributed by atoms with Crippen molar-refractivity contribution < 1.29 is 63.3 Å². The molecule has 1 aromatic carbocycles. The highest BCUT2D eigenvalue weighted by Crippen LogP contribution is 2.62. The summed E-state index contributed by atoms with van der Waals surface area (Å²) in [5.41, 5.74) is 0.868. The van der Waals surface area contributed by atoms with Crippen molar-refractivity contribution in [2.75, 3.05) is 26.4 Å². The Labute approximate surface area is 248 Å². The Morgan fingerprint density at radius 3 is 2.18 bits per heavy atom. The number of carbonyl (C=O) groups is 1. The van der Waals surface area contributed by atoms with Crippen LogP contribution in [0.2, 0.25) is 0 Å². The maximum absolute atomic E-state index is 13.1. The van der Waals surface area contributed by atoms with Gasteiger partial charge in [-0.3, -0.25) is 0 Å². The summed E-state index contributed by atoms with van der Waals surface area (Å²) in [7, 11) is 0. The molecule has 44 heavy (non-hydrogen) atoms. The first kappa shape index (κ1) is 34.5. The van der Waals surface area contributed by atoms with E-state index in [1.807, 2.05) is 12.1 Å². The van der Waals surface area contributed by atoms with E-state index in [0.717, 1.165) is 37.9 Å². The monoisotopic (exact) mass is 649 g/mol. The molecule has 0 heterocycles. The lowest BCUT2D eigenvalue weighted by Gasteiger charge is -2.50. The third-order valence-corrected chi connectivity index (χ3v) is 9.54. The summed E-state index contributed by atoms with van der Waals surface area (Å²) in [5, 5.41) is 0. The van der Waals surface area contributed by atoms with Gasteiger partial charge in [0.2, 0.25) is 0 Å². The summed E-state index contributed by atoms with van der Waals surface area (Å²) in [6.07, 6.45) is -16.6. The molecular formula is C29H36F9NO5. The fourth-order valence-corrected chi connectivity index (χ4v) is 7.53. The first-order valence-electron chi connectivity index (χ1n) is 14.6. The van der Waals surface area contributed by atoms with E-state index in [4.69, 9.17) is 15.2 Å². The van der Waals surface area contributed by atoms with E-state index in [0.29, 0.717) is 31.3 Å². The van der Waals surface area contributed by atoms with E-state index in [9.17, 15) is 44.3 Å². The van der Waals surface area contributed by atoms with Gasteiger partial charge in [-0.15, -0.1) is 0 Å². The maximum Gasteiger partial charge on any atom is 0.435 e. The number of rotatable bonds is 11. The van der Waals surface area contributed by atoms with E-state index in [1.165, 1.54) is 11.1 Å². The number of carbonyl (C=O) groups excluding carboxylic acids is 1. The molecule has 0 aromatic heterocycles. The van der Waals surface area contributed by atoms with Gasteiger partial charge in [-0.05, 0) is 91.4 Å². The summed E-state index contributed by atoms with van der Waals surface area (Å²) in [6, 6.07) is 6.02. The predicted octanol–water partition coefficient (Wildman–Crippen LogP) is 7.62. The van der Waals surface area contributed by atoms with Gasteiger partial charge in [0.25, 0.3) is 0 Å². The lowest BCUT2D eigenvalue weighted by molar-refractivity contribution is -0.457. The SMILES string of the molecule is C[C@]12CC[C@@H]3c4ccc(OCCCOC(N)=O)cc4CC[C@H]3[C@@H]1CC[C@@H]2OCCCOC(C(F)(F)F)(C(F)(F)F)C(F)(F)F. The molecule has 250 valence electrons. The van der Waals surface area contributed by atoms with Crippen molar-refractivity contribution in [1.29, 1.82) is 0 Å². The minimum atomic E-state index is -6.75. The van der Waals surface area contributed by atoms with Crippen molar-refractivity contribution in [2.24, 2.45) is 23.0 Å². The van der Waals surface area contributed by atoms with Crippen LogP contribution in [0.3, 0.4) is 0 Å². The van der Waals surface area contributed by atoms with Crippen LogP contribution in [-0.2, 0) is 20.6 Å². The summed E-state index contributed by atoms with van der Waals surface area (Å²) in [5.74, 6) is 1.69. The van der Waals surface area contributed by atoms with Crippen molar-refractivity contribution >= 4 is 6.09 Å². The van der Waals surface area contributed by atoms with Gasteiger partial charge in [0.1, 0.15) is 5.75 Å². The van der Waals surface area contributed by atoms with Crippen LogP contribution < -0.4 is 10.5 Å². The Balaban J connectivity index is 1.32. The van der Waals surface area contributed by atoms with Gasteiger partial charge in [-0.2, -0.15) is 39.5 Å². The number of amides is 1. The molecule has 2 N–H and O–H groups in total. The number of aryl methyl sites for hydroxylation is 1. The third-order valence-electron chi connectivity index (χ3n) is 9.54. The van der Waals surface area contributed by atoms with Crippen LogP contribution in [0.5, 0.6) is 5.75 Å². The van der Waals surface area contributed by atoms with Gasteiger partial charge in [-0.1, -0.05) is 13.0 Å². The second kappa shape index (κ2) is 12.8. The quantitative estimate of drug-likeness (QED) is 0.197. The fourth-order valence-electron chi connectivity index (χ4n) is 7.53. The first-order chi connectivity index (χ1) is 20.4. The van der Waals surface area contributed by atoms with Gasteiger partial charge in [0, 0.05) is 13.0 Å². The molecule has 15 heteroatoms. The second-order valence-corrected chi connectivity index (χ2v) is 12.0. The van der Waals surface area contributed by atoms with E-state index < -0.39 is 43.3 Å². The lowest BCUT2D eigenvalue weighted by atomic mass is 9.55. The van der Waals surface area contributed by atoms with E-state index in [1.54, 1.807) is 0 Å². The van der Waals surface area contributed by atoms with Gasteiger partial charge in [-0.25, -0.2) is 4.79 Å². The summed E-state index contributed by atoms with van der Waals surface area (Å²) >= 11 is 0. The third kappa shape index (κ3) is 6.59. The summed E-state index contributed by atoms with van der Waals surface area (Å²) in [4.78, 5) is 10.7. The average Bonchev–Trinajstić information content (AvgIpc) is 3.23. The van der Waals surface area contributed by atoms with Crippen LogP contribution in [0.1, 0.15) is 68.9 Å². The zero-order valence-corrected chi connectivity index (χ0v) is 24.0. The summed E-state index contributed by atoms with van der Waals surface area (Å²) in [6.45, 7) is 0.848. The highest BCUT2D eigenvalue weighted by molar-refractivity contribution is 5.64. The predicted molar refractivity (Wildman–Crippen MR) is 138 cm³/mol. The lowest BCUT2D eigenvalue weighted by Crippen LogP contribution is -2.67. The molecule has 0 saturated heterocycles. The van der Waals surface area contributed by atoms with Crippen LogP contribution >= 0.6 is 0 Å². The molecule has 2 saturated carbocycles. The number of alkyl halides is 9. The molecule has 1 aromatic rings. The zero-order valence-electron chi connectivity index (χ0n) is 24.0. The Morgan fingerprint density at radius 2 is 1.55 bits per heavy atom. The molecule has 0 radical (unpaired) electrons. The first-order valence-corrected chi connectivity index (χ1v) is 14.6. The largest absolute Gasteiger partial charge is 0.493 e. The highest BCUT2D eigenvalue weighted by atomic mass is 19.4. The molecule has 0 aliphatic heterocycles. The van der Waals surface area contributed by atoms with Crippen LogP contribution in [0.4, 0.5) is 44.3 Å². The van der Waals surface area contributed by atoms with Crippen molar-refractivity contribution in [3.63, 3.8) is 0 Å². The fraction of sp³-hybridized carbons (Fsp3) is 0.759. The van der Waals surface area contributed by atoms with Gasteiger partial charge >= 0.3 is 30.2 Å². The maximum atomic E-state index is 13.1. The van der Waals surface area contributed by atoms with Crippen molar-refractivity contribution in [3.05, 3.63) is 29.3 Å². The Bertz CT molecular complexity index is 1120. The van der Waals surface area contributed by atoms with Crippen molar-refractivity contribution in [3.8, 4) is 5.75 Å². The highest BCUT2D eigenvalue weighted by Gasteiger charge is 2.85. The van der Waals surface area contributed by atoms with Crippen molar-refractivity contribution in [2.45, 2.75) is 94.4 Å². The van der Waals surface area contributed by atoms with Gasteiger partial charge < -0.3 is 24.7 Å². The van der Waals surface area contributed by atoms with Crippen LogP contribution in [0.15, 0.2) is 18.2 Å². The molecule has 5 atom stereocenters. The molecule has 1 amide bonds. The van der Waals surface area contributed by atoms with E-state index >= 15 is 0 Å². The normalized spacial score (nSPS) is 27.3. The van der Waals surface area contributed by atoms with Gasteiger partial charge in [0.15, 0.2) is 0 Å². The molecular weight excluding hydrogens is 613 g/mol.